The zero-order chi connectivity index (χ0) is 19.1. The van der Waals surface area contributed by atoms with E-state index in [0.717, 1.165) is 24.9 Å². The fraction of sp³-hybridized carbons (Fsp3) is 0.952. The number of carbonyl (C=O) groups excluding carboxylic acids is 1. The lowest BCUT2D eigenvalue weighted by Crippen LogP contribution is -2.58. The van der Waals surface area contributed by atoms with Crippen LogP contribution < -0.4 is 5.32 Å². The van der Waals surface area contributed by atoms with E-state index in [1.54, 1.807) is 0 Å². The Morgan fingerprint density at radius 2 is 1.46 bits per heavy atom. The zero-order valence-corrected chi connectivity index (χ0v) is 17.8. The van der Waals surface area contributed by atoms with Crippen molar-refractivity contribution in [3.05, 3.63) is 0 Å². The van der Waals surface area contributed by atoms with Gasteiger partial charge in [0.05, 0.1) is 6.54 Å². The van der Waals surface area contributed by atoms with Gasteiger partial charge < -0.3 is 10.2 Å². The molecule has 0 bridgehead atoms. The van der Waals surface area contributed by atoms with Gasteiger partial charge in [-0.2, -0.15) is 0 Å². The standard InChI is InChI=1S/C11H20N2O.C10H20N2/c1-11(2,3)12-7-9-5-4-6-13(9)10(14)8-12;1-10(2,3)12-6-8-4-11-5-9(8)7-12/h9H,4-8H2,1-3H3;8-9,11H,4-7H2,1-3H3. The van der Waals surface area contributed by atoms with E-state index in [1.807, 2.05) is 0 Å². The molecule has 5 nitrogen and oxygen atoms in total. The Morgan fingerprint density at radius 3 is 2.00 bits per heavy atom. The second-order valence-electron chi connectivity index (χ2n) is 10.7. The van der Waals surface area contributed by atoms with Gasteiger partial charge in [0.2, 0.25) is 5.91 Å². The highest BCUT2D eigenvalue weighted by Crippen LogP contribution is 2.31. The Balaban J connectivity index is 0.000000152. The van der Waals surface area contributed by atoms with Crippen molar-refractivity contribution >= 4 is 5.91 Å². The number of nitrogens with zero attached hydrogens (tertiary/aromatic N) is 3. The fourth-order valence-corrected chi connectivity index (χ4v) is 4.84. The number of piperazine rings is 1. The first-order chi connectivity index (χ1) is 12.1. The summed E-state index contributed by atoms with van der Waals surface area (Å²) in [6, 6.07) is 0.496. The van der Waals surface area contributed by atoms with Gasteiger partial charge in [0, 0.05) is 43.3 Å². The molecule has 4 rings (SSSR count). The molecule has 1 amide bonds. The maximum atomic E-state index is 11.8. The smallest absolute Gasteiger partial charge is 0.237 e. The van der Waals surface area contributed by atoms with Crippen LogP contribution in [-0.4, -0.2) is 83.5 Å². The Morgan fingerprint density at radius 1 is 0.885 bits per heavy atom. The molecule has 0 spiro atoms. The number of hydrogen-bond donors (Lipinski definition) is 1. The summed E-state index contributed by atoms with van der Waals surface area (Å²) in [5.74, 6) is 2.20. The number of fused-ring (bicyclic) bond motifs is 2. The van der Waals surface area contributed by atoms with Crippen LogP contribution in [0, 0.1) is 11.8 Å². The lowest BCUT2D eigenvalue weighted by molar-refractivity contribution is -0.140. The quantitative estimate of drug-likeness (QED) is 0.714. The van der Waals surface area contributed by atoms with Gasteiger partial charge >= 0.3 is 0 Å². The van der Waals surface area contributed by atoms with Gasteiger partial charge in [-0.05, 0) is 79.3 Å². The summed E-state index contributed by atoms with van der Waals surface area (Å²) in [4.78, 5) is 18.8. The van der Waals surface area contributed by atoms with Crippen molar-refractivity contribution in [1.82, 2.24) is 20.0 Å². The molecule has 0 aliphatic carbocycles. The molecule has 0 aromatic rings. The maximum absolute atomic E-state index is 11.8. The number of hydrogen-bond acceptors (Lipinski definition) is 4. The van der Waals surface area contributed by atoms with Gasteiger partial charge in [-0.1, -0.05) is 0 Å². The van der Waals surface area contributed by atoms with Crippen LogP contribution in [-0.2, 0) is 4.79 Å². The van der Waals surface area contributed by atoms with Crippen LogP contribution in [0.4, 0.5) is 0 Å². The number of amides is 1. The zero-order valence-electron chi connectivity index (χ0n) is 17.8. The highest BCUT2D eigenvalue weighted by atomic mass is 16.2. The molecule has 4 heterocycles. The average molecular weight is 365 g/mol. The summed E-state index contributed by atoms with van der Waals surface area (Å²) in [5.41, 5.74) is 0.509. The molecule has 4 saturated heterocycles. The maximum Gasteiger partial charge on any atom is 0.237 e. The summed E-state index contributed by atoms with van der Waals surface area (Å²) in [6.07, 6.45) is 2.38. The van der Waals surface area contributed by atoms with Crippen LogP contribution in [0.1, 0.15) is 54.4 Å². The van der Waals surface area contributed by atoms with Crippen molar-refractivity contribution in [2.24, 2.45) is 11.8 Å². The average Bonchev–Trinajstić information content (AvgIpc) is 3.21. The Labute approximate surface area is 160 Å². The molecule has 4 fully saturated rings. The summed E-state index contributed by atoms with van der Waals surface area (Å²) >= 11 is 0. The Bertz CT molecular complexity index is 495. The SMILES string of the molecule is CC(C)(C)N1CC(=O)N2CCCC2C1.CC(C)(C)N1CC2CNCC2C1. The van der Waals surface area contributed by atoms with Crippen LogP contribution in [0.15, 0.2) is 0 Å². The molecule has 150 valence electrons. The molecule has 0 saturated carbocycles. The van der Waals surface area contributed by atoms with Crippen LogP contribution in [0.2, 0.25) is 0 Å². The first kappa shape index (κ1) is 20.1. The minimum atomic E-state index is 0.129. The number of likely N-dealkylation sites (tertiary alicyclic amines) is 1. The molecule has 3 unspecified atom stereocenters. The normalized spacial score (nSPS) is 33.1. The molecule has 4 aliphatic heterocycles. The second kappa shape index (κ2) is 7.40. The second-order valence-corrected chi connectivity index (χ2v) is 10.7. The lowest BCUT2D eigenvalue weighted by atomic mass is 10.0. The van der Waals surface area contributed by atoms with Crippen molar-refractivity contribution in [2.45, 2.75) is 71.5 Å². The summed E-state index contributed by atoms with van der Waals surface area (Å²) in [5, 5.41) is 3.47. The van der Waals surface area contributed by atoms with Gasteiger partial charge in [-0.15, -0.1) is 0 Å². The van der Waals surface area contributed by atoms with Crippen LogP contribution >= 0.6 is 0 Å². The van der Waals surface area contributed by atoms with E-state index in [2.05, 4.69) is 61.6 Å². The molecule has 26 heavy (non-hydrogen) atoms. The third kappa shape index (κ3) is 4.42. The van der Waals surface area contributed by atoms with Gasteiger partial charge in [-0.3, -0.25) is 14.6 Å². The molecule has 4 aliphatic rings. The number of nitrogens with one attached hydrogen (secondary N) is 1. The Hall–Kier alpha value is -0.650. The van der Waals surface area contributed by atoms with Crippen molar-refractivity contribution in [3.8, 4) is 0 Å². The van der Waals surface area contributed by atoms with Gasteiger partial charge in [-0.25, -0.2) is 0 Å². The fourth-order valence-electron chi connectivity index (χ4n) is 4.84. The highest BCUT2D eigenvalue weighted by molar-refractivity contribution is 5.79. The minimum Gasteiger partial charge on any atom is -0.337 e. The van der Waals surface area contributed by atoms with Crippen molar-refractivity contribution < 1.29 is 4.79 Å². The molecular weight excluding hydrogens is 324 g/mol. The predicted molar refractivity (Wildman–Crippen MR) is 107 cm³/mol. The van der Waals surface area contributed by atoms with E-state index >= 15 is 0 Å². The topological polar surface area (TPSA) is 38.8 Å². The van der Waals surface area contributed by atoms with Crippen molar-refractivity contribution in [1.29, 1.82) is 0 Å². The molecule has 5 heteroatoms. The first-order valence-electron chi connectivity index (χ1n) is 10.6. The molecule has 0 aromatic carbocycles. The highest BCUT2D eigenvalue weighted by Gasteiger charge is 2.40. The predicted octanol–water partition coefficient (Wildman–Crippen LogP) is 2.03. The largest absolute Gasteiger partial charge is 0.337 e. The van der Waals surface area contributed by atoms with Crippen molar-refractivity contribution in [3.63, 3.8) is 0 Å². The summed E-state index contributed by atoms with van der Waals surface area (Å²) < 4.78 is 0. The van der Waals surface area contributed by atoms with E-state index in [0.29, 0.717) is 24.0 Å². The van der Waals surface area contributed by atoms with E-state index in [1.165, 1.54) is 39.0 Å². The third-order valence-corrected chi connectivity index (χ3v) is 6.74. The molecular formula is C21H40N4O. The summed E-state index contributed by atoms with van der Waals surface area (Å²) in [7, 11) is 0. The minimum absolute atomic E-state index is 0.129. The van der Waals surface area contributed by atoms with Crippen LogP contribution in [0.3, 0.4) is 0 Å². The number of carbonyl (C=O) groups is 1. The van der Waals surface area contributed by atoms with Gasteiger partial charge in [0.15, 0.2) is 0 Å². The van der Waals surface area contributed by atoms with Crippen LogP contribution in [0.25, 0.3) is 0 Å². The van der Waals surface area contributed by atoms with Crippen molar-refractivity contribution in [2.75, 3.05) is 45.8 Å². The number of rotatable bonds is 0. The van der Waals surface area contributed by atoms with E-state index in [4.69, 9.17) is 0 Å². The monoisotopic (exact) mass is 364 g/mol. The third-order valence-electron chi connectivity index (χ3n) is 6.74. The van der Waals surface area contributed by atoms with Crippen LogP contribution in [0.5, 0.6) is 0 Å². The molecule has 0 radical (unpaired) electrons. The molecule has 0 aromatic heterocycles. The van der Waals surface area contributed by atoms with Gasteiger partial charge in [0.1, 0.15) is 0 Å². The summed E-state index contributed by atoms with van der Waals surface area (Å²) in [6.45, 7) is 21.3. The first-order valence-corrected chi connectivity index (χ1v) is 10.6. The molecule has 3 atom stereocenters. The van der Waals surface area contributed by atoms with Gasteiger partial charge in [0.25, 0.3) is 0 Å². The lowest BCUT2D eigenvalue weighted by Gasteiger charge is -2.43. The van der Waals surface area contributed by atoms with E-state index < -0.39 is 0 Å². The molecule has 1 N–H and O–H groups in total. The van der Waals surface area contributed by atoms with E-state index in [9.17, 15) is 4.79 Å². The van der Waals surface area contributed by atoms with E-state index in [-0.39, 0.29) is 5.54 Å². The Kier molecular flexibility index (Phi) is 5.72.